The molecule has 1 unspecified atom stereocenters. The number of nitrogens with one attached hydrogen (secondary N) is 1. The molecule has 1 heterocycles. The average molecular weight is 210 g/mol. The molecule has 0 aliphatic heterocycles. The third-order valence-electron chi connectivity index (χ3n) is 2.70. The normalized spacial score (nSPS) is 20.9. The molecule has 14 heavy (non-hydrogen) atoms. The highest BCUT2D eigenvalue weighted by Gasteiger charge is 2.22. The van der Waals surface area contributed by atoms with E-state index >= 15 is 0 Å². The maximum Gasteiger partial charge on any atom is 0.0900 e. The topological polar surface area (TPSA) is 24.9 Å². The molecule has 1 aliphatic rings. The Labute approximate surface area is 89.8 Å². The van der Waals surface area contributed by atoms with Crippen LogP contribution in [0.4, 0.5) is 0 Å². The third kappa shape index (κ3) is 1.98. The van der Waals surface area contributed by atoms with Gasteiger partial charge in [-0.2, -0.15) is 0 Å². The third-order valence-corrected chi connectivity index (χ3v) is 3.75. The molecular formula is C11H18N2S. The van der Waals surface area contributed by atoms with Crippen LogP contribution in [-0.2, 0) is 6.42 Å². The van der Waals surface area contributed by atoms with Gasteiger partial charge >= 0.3 is 0 Å². The van der Waals surface area contributed by atoms with Crippen molar-refractivity contribution in [2.45, 2.75) is 45.6 Å². The van der Waals surface area contributed by atoms with Crippen LogP contribution in [0.25, 0.3) is 0 Å². The Morgan fingerprint density at radius 3 is 3.21 bits per heavy atom. The largest absolute Gasteiger partial charge is 0.309 e. The van der Waals surface area contributed by atoms with Crippen LogP contribution >= 0.6 is 11.3 Å². The van der Waals surface area contributed by atoms with Gasteiger partial charge in [-0.1, -0.05) is 6.92 Å². The molecule has 0 fully saturated rings. The van der Waals surface area contributed by atoms with Gasteiger partial charge in [0.25, 0.3) is 0 Å². The SMILES string of the molecule is CCCNC1CCCc2sc(C)nc21. The summed E-state index contributed by atoms with van der Waals surface area (Å²) in [5, 5.41) is 4.81. The van der Waals surface area contributed by atoms with Crippen LogP contribution in [0.1, 0.15) is 47.8 Å². The van der Waals surface area contributed by atoms with E-state index in [0.29, 0.717) is 6.04 Å². The number of fused-ring (bicyclic) bond motifs is 1. The number of rotatable bonds is 3. The maximum atomic E-state index is 4.64. The Morgan fingerprint density at radius 1 is 1.57 bits per heavy atom. The predicted octanol–water partition coefficient (Wildman–Crippen LogP) is 2.83. The number of aryl methyl sites for hydroxylation is 2. The lowest BCUT2D eigenvalue weighted by molar-refractivity contribution is 0.454. The smallest absolute Gasteiger partial charge is 0.0900 e. The molecule has 0 spiro atoms. The van der Waals surface area contributed by atoms with Crippen LogP contribution in [0, 0.1) is 6.92 Å². The summed E-state index contributed by atoms with van der Waals surface area (Å²) in [4.78, 5) is 6.16. The van der Waals surface area contributed by atoms with Crippen molar-refractivity contribution < 1.29 is 0 Å². The molecule has 0 amide bonds. The van der Waals surface area contributed by atoms with Crippen LogP contribution in [-0.4, -0.2) is 11.5 Å². The molecule has 78 valence electrons. The quantitative estimate of drug-likeness (QED) is 0.830. The fraction of sp³-hybridized carbons (Fsp3) is 0.727. The summed E-state index contributed by atoms with van der Waals surface area (Å²) >= 11 is 1.88. The zero-order valence-electron chi connectivity index (χ0n) is 8.97. The van der Waals surface area contributed by atoms with Crippen molar-refractivity contribution >= 4 is 11.3 Å². The van der Waals surface area contributed by atoms with E-state index in [-0.39, 0.29) is 0 Å². The Kier molecular flexibility index (Phi) is 3.19. The molecule has 1 aliphatic carbocycles. The van der Waals surface area contributed by atoms with Crippen molar-refractivity contribution in [3.05, 3.63) is 15.6 Å². The Bertz CT molecular complexity index is 306. The molecule has 1 aromatic rings. The Balaban J connectivity index is 2.13. The molecule has 1 atom stereocenters. The number of hydrogen-bond donors (Lipinski definition) is 1. The summed E-state index contributed by atoms with van der Waals surface area (Å²) in [6, 6.07) is 0.531. The Morgan fingerprint density at radius 2 is 2.43 bits per heavy atom. The van der Waals surface area contributed by atoms with E-state index in [1.807, 2.05) is 11.3 Å². The standard InChI is InChI=1S/C11H18N2S/c1-3-7-12-9-5-4-6-10-11(9)13-8(2)14-10/h9,12H,3-7H2,1-2H3. The zero-order valence-corrected chi connectivity index (χ0v) is 9.78. The van der Waals surface area contributed by atoms with Gasteiger partial charge in [0.15, 0.2) is 0 Å². The first-order valence-electron chi connectivity index (χ1n) is 5.51. The van der Waals surface area contributed by atoms with Gasteiger partial charge in [0.1, 0.15) is 0 Å². The minimum atomic E-state index is 0.531. The van der Waals surface area contributed by atoms with Crippen molar-refractivity contribution in [1.29, 1.82) is 0 Å². The fourth-order valence-corrected chi connectivity index (χ4v) is 3.10. The van der Waals surface area contributed by atoms with E-state index in [1.165, 1.54) is 41.3 Å². The number of thiazole rings is 1. The van der Waals surface area contributed by atoms with E-state index in [9.17, 15) is 0 Å². The van der Waals surface area contributed by atoms with E-state index < -0.39 is 0 Å². The highest BCUT2D eigenvalue weighted by Crippen LogP contribution is 2.32. The fourth-order valence-electron chi connectivity index (χ4n) is 2.06. The van der Waals surface area contributed by atoms with Crippen molar-refractivity contribution in [3.8, 4) is 0 Å². The second-order valence-electron chi connectivity index (χ2n) is 3.94. The first-order chi connectivity index (χ1) is 6.81. The van der Waals surface area contributed by atoms with Gasteiger partial charge in [0, 0.05) is 4.88 Å². The van der Waals surface area contributed by atoms with Crippen molar-refractivity contribution in [3.63, 3.8) is 0 Å². The van der Waals surface area contributed by atoms with E-state index in [1.54, 1.807) is 0 Å². The van der Waals surface area contributed by atoms with Crippen molar-refractivity contribution in [1.82, 2.24) is 10.3 Å². The highest BCUT2D eigenvalue weighted by molar-refractivity contribution is 7.11. The molecule has 0 saturated heterocycles. The molecule has 0 bridgehead atoms. The van der Waals surface area contributed by atoms with Crippen LogP contribution in [0.5, 0.6) is 0 Å². The second-order valence-corrected chi connectivity index (χ2v) is 5.23. The van der Waals surface area contributed by atoms with Gasteiger partial charge < -0.3 is 5.32 Å². The van der Waals surface area contributed by atoms with Gasteiger partial charge in [-0.05, 0) is 39.2 Å². The Hall–Kier alpha value is -0.410. The summed E-state index contributed by atoms with van der Waals surface area (Å²) in [6.45, 7) is 5.43. The summed E-state index contributed by atoms with van der Waals surface area (Å²) < 4.78 is 0. The first kappa shape index (κ1) is 10.1. The van der Waals surface area contributed by atoms with E-state index in [4.69, 9.17) is 0 Å². The summed E-state index contributed by atoms with van der Waals surface area (Å²) in [7, 11) is 0. The summed E-state index contributed by atoms with van der Waals surface area (Å²) in [5.41, 5.74) is 1.34. The van der Waals surface area contributed by atoms with Crippen LogP contribution in [0.15, 0.2) is 0 Å². The second kappa shape index (κ2) is 4.41. The molecule has 1 aromatic heterocycles. The molecule has 3 heteroatoms. The van der Waals surface area contributed by atoms with E-state index in [0.717, 1.165) is 6.54 Å². The molecular weight excluding hydrogens is 192 g/mol. The monoisotopic (exact) mass is 210 g/mol. The predicted molar refractivity (Wildman–Crippen MR) is 60.8 cm³/mol. The van der Waals surface area contributed by atoms with Gasteiger partial charge in [-0.25, -0.2) is 4.98 Å². The van der Waals surface area contributed by atoms with Crippen LogP contribution in [0.2, 0.25) is 0 Å². The number of hydrogen-bond acceptors (Lipinski definition) is 3. The number of aromatic nitrogens is 1. The molecule has 0 aromatic carbocycles. The van der Waals surface area contributed by atoms with Gasteiger partial charge in [-0.15, -0.1) is 11.3 Å². The minimum absolute atomic E-state index is 0.531. The molecule has 2 rings (SSSR count). The molecule has 0 radical (unpaired) electrons. The van der Waals surface area contributed by atoms with Crippen molar-refractivity contribution in [2.75, 3.05) is 6.54 Å². The first-order valence-corrected chi connectivity index (χ1v) is 6.32. The lowest BCUT2D eigenvalue weighted by Gasteiger charge is -2.22. The van der Waals surface area contributed by atoms with E-state index in [2.05, 4.69) is 24.1 Å². The lowest BCUT2D eigenvalue weighted by Crippen LogP contribution is -2.25. The lowest BCUT2D eigenvalue weighted by atomic mass is 9.97. The van der Waals surface area contributed by atoms with Crippen LogP contribution in [0.3, 0.4) is 0 Å². The molecule has 1 N–H and O–H groups in total. The number of nitrogens with zero attached hydrogens (tertiary/aromatic N) is 1. The highest BCUT2D eigenvalue weighted by atomic mass is 32.1. The summed E-state index contributed by atoms with van der Waals surface area (Å²) in [5.74, 6) is 0. The van der Waals surface area contributed by atoms with Crippen molar-refractivity contribution in [2.24, 2.45) is 0 Å². The molecule has 0 saturated carbocycles. The maximum absolute atomic E-state index is 4.64. The van der Waals surface area contributed by atoms with Crippen LogP contribution < -0.4 is 5.32 Å². The average Bonchev–Trinajstić information content (AvgIpc) is 2.55. The van der Waals surface area contributed by atoms with Gasteiger partial charge in [0.2, 0.25) is 0 Å². The van der Waals surface area contributed by atoms with Gasteiger partial charge in [-0.3, -0.25) is 0 Å². The zero-order chi connectivity index (χ0) is 9.97. The summed E-state index contributed by atoms with van der Waals surface area (Å²) in [6.07, 6.45) is 5.02. The minimum Gasteiger partial charge on any atom is -0.309 e. The molecule has 2 nitrogen and oxygen atoms in total. The van der Waals surface area contributed by atoms with Gasteiger partial charge in [0.05, 0.1) is 16.7 Å².